The van der Waals surface area contributed by atoms with Crippen LogP contribution < -0.4 is 10.6 Å². The molecule has 0 aliphatic carbocycles. The smallest absolute Gasteiger partial charge is 0.408 e. The van der Waals surface area contributed by atoms with Crippen LogP contribution in [0, 0.1) is 0 Å². The highest BCUT2D eigenvalue weighted by molar-refractivity contribution is 5.79. The van der Waals surface area contributed by atoms with E-state index in [2.05, 4.69) is 22.8 Å². The van der Waals surface area contributed by atoms with Crippen LogP contribution in [-0.4, -0.2) is 78.9 Å². The number of amides is 1. The highest BCUT2D eigenvalue weighted by Gasteiger charge is 2.22. The molecule has 3 N–H and O–H groups in total. The molecule has 1 atom stereocenters. The summed E-state index contributed by atoms with van der Waals surface area (Å²) >= 11 is 0. The van der Waals surface area contributed by atoms with Gasteiger partial charge in [-0.05, 0) is 62.3 Å². The number of fused-ring (bicyclic) bond motifs is 1. The molecule has 11 heteroatoms. The maximum absolute atomic E-state index is 12.4. The SMILES string of the molecule is O=C(N[C@@H](CCN(CCCCc1ccc2c(n1)NCCC2)CCOCC(F)F)C(=O)O)OCc1ccccc1. The summed E-state index contributed by atoms with van der Waals surface area (Å²) in [6.45, 7) is 1.77. The molecule has 2 heterocycles. The van der Waals surface area contributed by atoms with Crippen LogP contribution in [0.1, 0.15) is 42.5 Å². The lowest BCUT2D eigenvalue weighted by Gasteiger charge is -2.24. The highest BCUT2D eigenvalue weighted by Crippen LogP contribution is 2.20. The maximum atomic E-state index is 12.4. The van der Waals surface area contributed by atoms with Gasteiger partial charge >= 0.3 is 12.1 Å². The number of alkyl halides is 2. The maximum Gasteiger partial charge on any atom is 0.408 e. The first-order valence-corrected chi connectivity index (χ1v) is 13.4. The van der Waals surface area contributed by atoms with Crippen LogP contribution in [0.25, 0.3) is 0 Å². The van der Waals surface area contributed by atoms with E-state index in [1.807, 2.05) is 23.1 Å². The zero-order valence-corrected chi connectivity index (χ0v) is 22.1. The molecule has 2 aromatic rings. The molecule has 0 unspecified atom stereocenters. The molecule has 9 nitrogen and oxygen atoms in total. The minimum absolute atomic E-state index is 0.0295. The van der Waals surface area contributed by atoms with Crippen LogP contribution in [0.2, 0.25) is 0 Å². The Kier molecular flexibility index (Phi) is 12.9. The second-order valence-corrected chi connectivity index (χ2v) is 9.49. The van der Waals surface area contributed by atoms with Crippen molar-refractivity contribution in [3.8, 4) is 0 Å². The van der Waals surface area contributed by atoms with Crippen molar-refractivity contribution in [3.63, 3.8) is 0 Å². The van der Waals surface area contributed by atoms with E-state index in [1.165, 1.54) is 5.56 Å². The fourth-order valence-corrected chi connectivity index (χ4v) is 4.33. The average Bonchev–Trinajstić information content (AvgIpc) is 2.94. The van der Waals surface area contributed by atoms with Crippen LogP contribution >= 0.6 is 0 Å². The van der Waals surface area contributed by atoms with Crippen molar-refractivity contribution in [1.29, 1.82) is 0 Å². The monoisotopic (exact) mass is 548 g/mol. The number of carbonyl (C=O) groups is 2. The summed E-state index contributed by atoms with van der Waals surface area (Å²) in [6, 6.07) is 12.1. The van der Waals surface area contributed by atoms with Crippen molar-refractivity contribution in [1.82, 2.24) is 15.2 Å². The fourth-order valence-electron chi connectivity index (χ4n) is 4.33. The normalized spacial score (nSPS) is 13.5. The van der Waals surface area contributed by atoms with Gasteiger partial charge in [0.1, 0.15) is 25.1 Å². The third kappa shape index (κ3) is 11.5. The molecule has 3 rings (SSSR count). The summed E-state index contributed by atoms with van der Waals surface area (Å²) in [5.41, 5.74) is 3.04. The molecule has 1 amide bonds. The quantitative estimate of drug-likeness (QED) is 0.253. The molecule has 0 bridgehead atoms. The van der Waals surface area contributed by atoms with Gasteiger partial charge in [-0.3, -0.25) is 0 Å². The minimum Gasteiger partial charge on any atom is -0.480 e. The number of ether oxygens (including phenoxy) is 2. The van der Waals surface area contributed by atoms with Gasteiger partial charge in [-0.25, -0.2) is 23.4 Å². The van der Waals surface area contributed by atoms with Crippen LogP contribution in [0.15, 0.2) is 42.5 Å². The molecule has 0 saturated carbocycles. The third-order valence-corrected chi connectivity index (χ3v) is 6.44. The second-order valence-electron chi connectivity index (χ2n) is 9.49. The Morgan fingerprint density at radius 3 is 2.69 bits per heavy atom. The van der Waals surface area contributed by atoms with Gasteiger partial charge in [0.15, 0.2) is 0 Å². The number of pyridine rings is 1. The summed E-state index contributed by atoms with van der Waals surface area (Å²) in [5.74, 6) is -0.210. The molecule has 0 fully saturated rings. The first kappa shape index (κ1) is 30.2. The van der Waals surface area contributed by atoms with Crippen molar-refractivity contribution in [3.05, 3.63) is 59.3 Å². The van der Waals surface area contributed by atoms with E-state index in [4.69, 9.17) is 14.5 Å². The van der Waals surface area contributed by atoms with Crippen LogP contribution in [0.5, 0.6) is 0 Å². The lowest BCUT2D eigenvalue weighted by atomic mass is 10.1. The van der Waals surface area contributed by atoms with Gasteiger partial charge in [0.2, 0.25) is 0 Å². The molecule has 0 spiro atoms. The van der Waals surface area contributed by atoms with Gasteiger partial charge in [-0.15, -0.1) is 0 Å². The van der Waals surface area contributed by atoms with Gasteiger partial charge < -0.3 is 30.1 Å². The molecule has 39 heavy (non-hydrogen) atoms. The zero-order valence-electron chi connectivity index (χ0n) is 22.1. The number of carboxylic acids is 1. The molecule has 214 valence electrons. The number of anilines is 1. The largest absolute Gasteiger partial charge is 0.480 e. The second kappa shape index (κ2) is 16.6. The number of unbranched alkanes of at least 4 members (excludes halogenated alkanes) is 1. The Bertz CT molecular complexity index is 1030. The molecule has 1 aromatic carbocycles. The third-order valence-electron chi connectivity index (χ3n) is 6.44. The van der Waals surface area contributed by atoms with E-state index in [-0.39, 0.29) is 19.6 Å². The minimum atomic E-state index is -2.54. The van der Waals surface area contributed by atoms with E-state index in [0.29, 0.717) is 19.6 Å². The molecule has 1 aliphatic rings. The first-order valence-electron chi connectivity index (χ1n) is 13.4. The number of nitrogens with zero attached hydrogens (tertiary/aromatic N) is 2. The number of carbonyl (C=O) groups excluding carboxylic acids is 1. The van der Waals surface area contributed by atoms with Crippen molar-refractivity contribution >= 4 is 17.9 Å². The standard InChI is InChI=1S/C28H38F2N4O5/c29-25(30)20-38-18-17-34(15-5-4-10-23-12-11-22-9-6-14-31-26(22)32-23)16-13-24(27(35)36)33-28(37)39-19-21-7-2-1-3-8-21/h1-3,7-8,11-12,24-25H,4-6,9-10,13-20H2,(H,31,32)(H,33,37)(H,35,36)/t24-/m0/s1. The predicted octanol–water partition coefficient (Wildman–Crippen LogP) is 4.12. The van der Waals surface area contributed by atoms with Gasteiger partial charge in [0.05, 0.1) is 6.61 Å². The number of rotatable bonds is 17. The lowest BCUT2D eigenvalue weighted by Crippen LogP contribution is -2.43. The summed E-state index contributed by atoms with van der Waals surface area (Å²) in [7, 11) is 0. The van der Waals surface area contributed by atoms with E-state index >= 15 is 0 Å². The molecular weight excluding hydrogens is 510 g/mol. The Morgan fingerprint density at radius 2 is 1.92 bits per heavy atom. The fraction of sp³-hybridized carbons (Fsp3) is 0.536. The van der Waals surface area contributed by atoms with Crippen molar-refractivity contribution in [2.24, 2.45) is 0 Å². The number of hydrogen-bond acceptors (Lipinski definition) is 7. The van der Waals surface area contributed by atoms with Gasteiger partial charge in [0, 0.05) is 25.3 Å². The van der Waals surface area contributed by atoms with Gasteiger partial charge in [-0.1, -0.05) is 36.4 Å². The van der Waals surface area contributed by atoms with Crippen molar-refractivity contribution < 1.29 is 33.0 Å². The summed E-state index contributed by atoms with van der Waals surface area (Å²) in [6.07, 6.45) is 1.40. The number of hydrogen-bond donors (Lipinski definition) is 3. The number of aryl methyl sites for hydroxylation is 2. The lowest BCUT2D eigenvalue weighted by molar-refractivity contribution is -0.139. The Balaban J connectivity index is 1.45. The van der Waals surface area contributed by atoms with Crippen LogP contribution in [0.3, 0.4) is 0 Å². The van der Waals surface area contributed by atoms with E-state index < -0.39 is 31.1 Å². The molecule has 0 radical (unpaired) electrons. The number of aliphatic carboxylic acids is 1. The van der Waals surface area contributed by atoms with Crippen molar-refractivity contribution in [2.45, 2.75) is 57.6 Å². The van der Waals surface area contributed by atoms with E-state index in [1.54, 1.807) is 12.1 Å². The Morgan fingerprint density at radius 1 is 1.10 bits per heavy atom. The average molecular weight is 549 g/mol. The number of carboxylic acid groups (broad SMARTS) is 1. The first-order chi connectivity index (χ1) is 18.9. The van der Waals surface area contributed by atoms with Crippen molar-refractivity contribution in [2.75, 3.05) is 44.7 Å². The number of nitrogens with one attached hydrogen (secondary N) is 2. The number of aromatic nitrogens is 1. The molecule has 1 aromatic heterocycles. The summed E-state index contributed by atoms with van der Waals surface area (Å²) < 4.78 is 35.1. The topological polar surface area (TPSA) is 113 Å². The van der Waals surface area contributed by atoms with Gasteiger partial charge in [0.25, 0.3) is 6.43 Å². The molecular formula is C28H38F2N4O5. The van der Waals surface area contributed by atoms with Crippen LogP contribution in [-0.2, 0) is 33.7 Å². The molecule has 0 saturated heterocycles. The van der Waals surface area contributed by atoms with Crippen LogP contribution in [0.4, 0.5) is 19.4 Å². The zero-order chi connectivity index (χ0) is 27.9. The number of benzene rings is 1. The summed E-state index contributed by atoms with van der Waals surface area (Å²) in [5, 5.41) is 15.4. The molecule has 1 aliphatic heterocycles. The Labute approximate surface area is 227 Å². The van der Waals surface area contributed by atoms with Gasteiger partial charge in [-0.2, -0.15) is 0 Å². The predicted molar refractivity (Wildman–Crippen MR) is 143 cm³/mol. The number of halogens is 2. The Hall–Kier alpha value is -3.31. The highest BCUT2D eigenvalue weighted by atomic mass is 19.3. The van der Waals surface area contributed by atoms with E-state index in [0.717, 1.165) is 55.7 Å². The number of alkyl carbamates (subject to hydrolysis) is 1. The van der Waals surface area contributed by atoms with E-state index in [9.17, 15) is 23.5 Å². The summed E-state index contributed by atoms with van der Waals surface area (Å²) in [4.78, 5) is 30.6.